The van der Waals surface area contributed by atoms with Gasteiger partial charge in [0, 0.05) is 21.9 Å². The average molecular weight is 782 g/mol. The van der Waals surface area contributed by atoms with Gasteiger partial charge in [-0.15, -0.1) is 0 Å². The van der Waals surface area contributed by atoms with Crippen molar-refractivity contribution in [1.82, 2.24) is 4.57 Å². The van der Waals surface area contributed by atoms with E-state index in [4.69, 9.17) is 0 Å². The molecule has 292 valence electrons. The van der Waals surface area contributed by atoms with E-state index in [0.717, 1.165) is 12.8 Å². The highest BCUT2D eigenvalue weighted by Gasteiger charge is 2.40. The van der Waals surface area contributed by atoms with Crippen LogP contribution < -0.4 is 0 Å². The van der Waals surface area contributed by atoms with Gasteiger partial charge in [-0.2, -0.15) is 0 Å². The van der Waals surface area contributed by atoms with Crippen LogP contribution in [0, 0.1) is 0 Å². The van der Waals surface area contributed by atoms with Gasteiger partial charge in [0.15, 0.2) is 0 Å². The highest BCUT2D eigenvalue weighted by atomic mass is 15.0. The van der Waals surface area contributed by atoms with Crippen molar-refractivity contribution in [1.29, 1.82) is 0 Å². The molecule has 10 aromatic rings. The lowest BCUT2D eigenvalue weighted by atomic mass is 9.74. The van der Waals surface area contributed by atoms with Crippen molar-refractivity contribution in [2.45, 2.75) is 38.0 Å². The number of aromatic nitrogens is 1. The van der Waals surface area contributed by atoms with Crippen molar-refractivity contribution in [3.05, 3.63) is 246 Å². The summed E-state index contributed by atoms with van der Waals surface area (Å²) in [6.45, 7) is 4.89. The number of hydrogen-bond donors (Lipinski definition) is 0. The van der Waals surface area contributed by atoms with E-state index in [1.165, 1.54) is 99.8 Å². The summed E-state index contributed by atoms with van der Waals surface area (Å²) in [5.41, 5.74) is 20.8. The molecule has 1 aliphatic carbocycles. The van der Waals surface area contributed by atoms with Gasteiger partial charge in [0.25, 0.3) is 0 Å². The van der Waals surface area contributed by atoms with Crippen LogP contribution in [0.4, 0.5) is 0 Å². The summed E-state index contributed by atoms with van der Waals surface area (Å²) in [5.74, 6) is 0.257. The van der Waals surface area contributed by atoms with Crippen LogP contribution >= 0.6 is 0 Å². The van der Waals surface area contributed by atoms with Crippen molar-refractivity contribution in [3.8, 4) is 50.2 Å². The maximum absolute atomic E-state index is 2.49. The van der Waals surface area contributed by atoms with Gasteiger partial charge in [-0.25, -0.2) is 0 Å². The third-order valence-electron chi connectivity index (χ3n) is 13.3. The van der Waals surface area contributed by atoms with Crippen molar-refractivity contribution >= 4 is 21.8 Å². The minimum absolute atomic E-state index is 0.183. The van der Waals surface area contributed by atoms with E-state index in [9.17, 15) is 0 Å². The molecule has 0 fully saturated rings. The number of benzene rings is 9. The highest BCUT2D eigenvalue weighted by molar-refractivity contribution is 6.11. The van der Waals surface area contributed by atoms with Crippen LogP contribution in [-0.4, -0.2) is 4.57 Å². The predicted octanol–water partition coefficient (Wildman–Crippen LogP) is 15.7. The summed E-state index contributed by atoms with van der Waals surface area (Å²) in [7, 11) is 0. The Bertz CT molecular complexity index is 3090. The van der Waals surface area contributed by atoms with Crippen LogP contribution in [0.25, 0.3) is 72.0 Å². The van der Waals surface area contributed by atoms with Gasteiger partial charge < -0.3 is 4.57 Å². The van der Waals surface area contributed by atoms with E-state index < -0.39 is 0 Å². The molecule has 0 spiro atoms. The van der Waals surface area contributed by atoms with Gasteiger partial charge in [-0.1, -0.05) is 202 Å². The largest absolute Gasteiger partial charge is 0.309 e. The van der Waals surface area contributed by atoms with E-state index >= 15 is 0 Å². The number of nitrogens with zero attached hydrogens (tertiary/aromatic N) is 1. The summed E-state index contributed by atoms with van der Waals surface area (Å²) in [5, 5.41) is 2.55. The summed E-state index contributed by atoms with van der Waals surface area (Å²) >= 11 is 0. The Balaban J connectivity index is 1.07. The van der Waals surface area contributed by atoms with Gasteiger partial charge in [0.05, 0.1) is 11.0 Å². The average Bonchev–Trinajstić information content (AvgIpc) is 3.78. The second-order valence-corrected chi connectivity index (χ2v) is 17.3. The van der Waals surface area contributed by atoms with E-state index in [-0.39, 0.29) is 11.3 Å². The monoisotopic (exact) mass is 781 g/mol. The standard InChI is InChI=1S/C60H47N/c1-60(2)55-24-14-12-23-53(55)58-50(47-34-37-57-54(40-47)52-22-13-15-25-56(52)61(57)49-20-10-5-11-21-49)35-36-51(59(58)60)48(38-41-26-30-45(31-27-41)43-16-6-3-7-17-43)39-42-28-32-46(33-29-42)44-18-8-4-9-19-44/h3-37,40,48H,38-39H2,1-2H3. The quantitative estimate of drug-likeness (QED) is 0.137. The Labute approximate surface area is 359 Å². The first kappa shape index (κ1) is 36.8. The molecule has 0 saturated carbocycles. The molecule has 61 heavy (non-hydrogen) atoms. The zero-order valence-electron chi connectivity index (χ0n) is 34.7. The van der Waals surface area contributed by atoms with E-state index in [1.54, 1.807) is 0 Å². The molecule has 0 radical (unpaired) electrons. The number of rotatable bonds is 9. The topological polar surface area (TPSA) is 4.93 Å². The maximum Gasteiger partial charge on any atom is 0.0541 e. The Morgan fingerprint density at radius 2 is 0.918 bits per heavy atom. The third kappa shape index (κ3) is 6.49. The Kier molecular flexibility index (Phi) is 9.12. The molecule has 1 aliphatic rings. The van der Waals surface area contributed by atoms with E-state index in [1.807, 2.05) is 0 Å². The summed E-state index contributed by atoms with van der Waals surface area (Å²) in [6.07, 6.45) is 1.89. The molecule has 0 saturated heterocycles. The molecule has 0 amide bonds. The van der Waals surface area contributed by atoms with Gasteiger partial charge in [0.2, 0.25) is 0 Å². The molecular formula is C60H47N. The first-order chi connectivity index (χ1) is 30.0. The lowest BCUT2D eigenvalue weighted by Crippen LogP contribution is -2.20. The smallest absolute Gasteiger partial charge is 0.0541 e. The summed E-state index contributed by atoms with van der Waals surface area (Å²) in [4.78, 5) is 0. The fraction of sp³-hybridized carbons (Fsp3) is 0.100. The van der Waals surface area contributed by atoms with Gasteiger partial charge >= 0.3 is 0 Å². The predicted molar refractivity (Wildman–Crippen MR) is 258 cm³/mol. The van der Waals surface area contributed by atoms with Crippen molar-refractivity contribution < 1.29 is 0 Å². The van der Waals surface area contributed by atoms with Crippen LogP contribution in [0.2, 0.25) is 0 Å². The molecule has 11 rings (SSSR count). The Morgan fingerprint density at radius 1 is 0.410 bits per heavy atom. The van der Waals surface area contributed by atoms with E-state index in [0.29, 0.717) is 0 Å². The fourth-order valence-electron chi connectivity index (χ4n) is 10.3. The molecular weight excluding hydrogens is 735 g/mol. The molecule has 0 N–H and O–H groups in total. The molecule has 1 heteroatoms. The Morgan fingerprint density at radius 3 is 1.56 bits per heavy atom. The van der Waals surface area contributed by atoms with Crippen molar-refractivity contribution in [2.75, 3.05) is 0 Å². The lowest BCUT2D eigenvalue weighted by molar-refractivity contribution is 0.614. The van der Waals surface area contributed by atoms with Gasteiger partial charge in [-0.05, 0) is 121 Å². The first-order valence-corrected chi connectivity index (χ1v) is 21.7. The van der Waals surface area contributed by atoms with Gasteiger partial charge in [-0.3, -0.25) is 0 Å². The molecule has 1 nitrogen and oxygen atoms in total. The summed E-state index contributed by atoms with van der Waals surface area (Å²) < 4.78 is 2.41. The van der Waals surface area contributed by atoms with Crippen LogP contribution in [0.15, 0.2) is 218 Å². The molecule has 1 aromatic heterocycles. The van der Waals surface area contributed by atoms with E-state index in [2.05, 4.69) is 237 Å². The van der Waals surface area contributed by atoms with Crippen LogP contribution in [0.3, 0.4) is 0 Å². The zero-order chi connectivity index (χ0) is 40.9. The van der Waals surface area contributed by atoms with Crippen molar-refractivity contribution in [3.63, 3.8) is 0 Å². The Hall–Kier alpha value is -7.22. The summed E-state index contributed by atoms with van der Waals surface area (Å²) in [6, 6.07) is 80.8. The highest BCUT2D eigenvalue weighted by Crippen LogP contribution is 2.55. The minimum atomic E-state index is -0.183. The normalized spacial score (nSPS) is 12.8. The number of hydrogen-bond acceptors (Lipinski definition) is 0. The van der Waals surface area contributed by atoms with Crippen LogP contribution in [0.1, 0.15) is 47.6 Å². The van der Waals surface area contributed by atoms with Crippen molar-refractivity contribution in [2.24, 2.45) is 0 Å². The number of para-hydroxylation sites is 2. The van der Waals surface area contributed by atoms with Crippen LogP contribution in [0.5, 0.6) is 0 Å². The molecule has 9 aromatic carbocycles. The molecule has 0 bridgehead atoms. The molecule has 0 aliphatic heterocycles. The molecule has 0 unspecified atom stereocenters. The second-order valence-electron chi connectivity index (χ2n) is 17.3. The molecule has 1 heterocycles. The third-order valence-corrected chi connectivity index (χ3v) is 13.3. The first-order valence-electron chi connectivity index (χ1n) is 21.7. The minimum Gasteiger partial charge on any atom is -0.309 e. The number of fused-ring (bicyclic) bond motifs is 6. The molecule has 0 atom stereocenters. The van der Waals surface area contributed by atoms with Gasteiger partial charge in [0.1, 0.15) is 0 Å². The van der Waals surface area contributed by atoms with Crippen LogP contribution in [-0.2, 0) is 18.3 Å². The lowest BCUT2D eigenvalue weighted by Gasteiger charge is -2.29. The SMILES string of the molecule is CC1(C)c2ccccc2-c2c(-c3ccc4c(c3)c3ccccc3n4-c3ccccc3)ccc(C(Cc3ccc(-c4ccccc4)cc3)Cc3ccc(-c4ccccc4)cc3)c21. The fourth-order valence-corrected chi connectivity index (χ4v) is 10.3. The maximum atomic E-state index is 2.49. The zero-order valence-corrected chi connectivity index (χ0v) is 34.7. The second kappa shape index (κ2) is 15.1.